The lowest BCUT2D eigenvalue weighted by Gasteiger charge is -2.25. The summed E-state index contributed by atoms with van der Waals surface area (Å²) in [7, 11) is -3.26. The third-order valence-corrected chi connectivity index (χ3v) is 10.4. The van der Waals surface area contributed by atoms with Gasteiger partial charge in [0.2, 0.25) is 10.0 Å². The van der Waals surface area contributed by atoms with E-state index in [1.54, 1.807) is 43.3 Å². The summed E-state index contributed by atoms with van der Waals surface area (Å²) in [5.41, 5.74) is 0.377. The maximum absolute atomic E-state index is 13.4. The number of rotatable bonds is 7. The number of hydrogen-bond acceptors (Lipinski definition) is 7. The highest BCUT2D eigenvalue weighted by atomic mass is 32.2. The second kappa shape index (κ2) is 8.32. The predicted molar refractivity (Wildman–Crippen MR) is 131 cm³/mol. The monoisotopic (exact) mass is 508 g/mol. The van der Waals surface area contributed by atoms with Crippen molar-refractivity contribution in [3.05, 3.63) is 46.1 Å². The van der Waals surface area contributed by atoms with Crippen molar-refractivity contribution < 1.29 is 26.3 Å². The minimum absolute atomic E-state index is 0.0439. The van der Waals surface area contributed by atoms with Crippen LogP contribution in [0.4, 0.5) is 5.69 Å². The van der Waals surface area contributed by atoms with E-state index in [4.69, 9.17) is 9.47 Å². The molecule has 11 heteroatoms. The SMILES string of the molecule is CNS(=O)(=O)C1(C)C=c2c(sc3c(OC)ccc(S(=O)(=O)Nc4ccc(OC)cc4)c23)=CC1. The summed E-state index contributed by atoms with van der Waals surface area (Å²) >= 11 is 1.38. The topological polar surface area (TPSA) is 111 Å². The lowest BCUT2D eigenvalue weighted by atomic mass is 10.00. The Morgan fingerprint density at radius 1 is 1.00 bits per heavy atom. The van der Waals surface area contributed by atoms with Gasteiger partial charge in [-0.25, -0.2) is 21.6 Å². The maximum Gasteiger partial charge on any atom is 0.262 e. The maximum atomic E-state index is 13.4. The first kappa shape index (κ1) is 23.6. The molecule has 2 aromatic carbocycles. The van der Waals surface area contributed by atoms with Crippen molar-refractivity contribution in [2.24, 2.45) is 0 Å². The quantitative estimate of drug-likeness (QED) is 0.505. The second-order valence-electron chi connectivity index (χ2n) is 7.76. The molecule has 1 atom stereocenters. The van der Waals surface area contributed by atoms with Crippen LogP contribution in [0, 0.1) is 0 Å². The molecule has 1 aliphatic carbocycles. The van der Waals surface area contributed by atoms with E-state index in [9.17, 15) is 16.8 Å². The Bertz CT molecular complexity index is 1560. The summed E-state index contributed by atoms with van der Waals surface area (Å²) in [4.78, 5) is 0.0439. The fraction of sp³-hybridized carbons (Fsp3) is 0.273. The van der Waals surface area contributed by atoms with Gasteiger partial charge in [0, 0.05) is 15.6 Å². The normalized spacial score (nSPS) is 18.2. The van der Waals surface area contributed by atoms with Crippen LogP contribution in [0.15, 0.2) is 41.3 Å². The van der Waals surface area contributed by atoms with Crippen molar-refractivity contribution in [3.63, 3.8) is 0 Å². The van der Waals surface area contributed by atoms with Crippen LogP contribution in [0.2, 0.25) is 0 Å². The number of thiophene rings is 1. The molecule has 0 saturated carbocycles. The lowest BCUT2D eigenvalue weighted by Crippen LogP contribution is -2.45. The summed E-state index contributed by atoms with van der Waals surface area (Å²) in [5.74, 6) is 1.12. The number of hydrogen-bond donors (Lipinski definition) is 2. The highest BCUT2D eigenvalue weighted by Gasteiger charge is 2.37. The molecule has 176 valence electrons. The van der Waals surface area contributed by atoms with Crippen LogP contribution >= 0.6 is 11.3 Å². The Kier molecular flexibility index (Phi) is 5.94. The number of anilines is 1. The van der Waals surface area contributed by atoms with E-state index in [0.29, 0.717) is 32.5 Å². The molecule has 0 radical (unpaired) electrons. The minimum atomic E-state index is -4.00. The molecule has 0 saturated heterocycles. The molecule has 4 rings (SSSR count). The van der Waals surface area contributed by atoms with Crippen LogP contribution < -0.4 is 28.7 Å². The second-order valence-corrected chi connectivity index (χ2v) is 12.8. The fourth-order valence-corrected chi connectivity index (χ4v) is 7.44. The zero-order chi connectivity index (χ0) is 24.0. The van der Waals surface area contributed by atoms with Gasteiger partial charge in [-0.1, -0.05) is 12.2 Å². The van der Waals surface area contributed by atoms with E-state index < -0.39 is 24.8 Å². The first-order valence-electron chi connectivity index (χ1n) is 9.98. The molecular formula is C22H24N2O6S3. The number of methoxy groups -OCH3 is 2. The van der Waals surface area contributed by atoms with E-state index in [2.05, 4.69) is 9.44 Å². The van der Waals surface area contributed by atoms with Crippen LogP contribution in [0.25, 0.3) is 22.2 Å². The first-order valence-corrected chi connectivity index (χ1v) is 13.8. The third-order valence-electron chi connectivity index (χ3n) is 5.71. The van der Waals surface area contributed by atoms with Crippen molar-refractivity contribution in [1.29, 1.82) is 0 Å². The zero-order valence-corrected chi connectivity index (χ0v) is 20.9. The Morgan fingerprint density at radius 3 is 2.30 bits per heavy atom. The molecule has 1 aliphatic rings. The summed E-state index contributed by atoms with van der Waals surface area (Å²) in [6.07, 6.45) is 3.74. The molecule has 1 heterocycles. The molecule has 1 unspecified atom stereocenters. The minimum Gasteiger partial charge on any atom is -0.497 e. The van der Waals surface area contributed by atoms with Gasteiger partial charge in [0.05, 0.1) is 23.8 Å². The summed E-state index contributed by atoms with van der Waals surface area (Å²) in [6.45, 7) is 1.62. The van der Waals surface area contributed by atoms with Crippen LogP contribution in [-0.4, -0.2) is 42.8 Å². The van der Waals surface area contributed by atoms with Gasteiger partial charge in [0.15, 0.2) is 0 Å². The molecule has 0 bridgehead atoms. The Hall–Kier alpha value is -2.60. The number of ether oxygens (including phenoxy) is 2. The van der Waals surface area contributed by atoms with Crippen LogP contribution in [0.1, 0.15) is 13.3 Å². The van der Waals surface area contributed by atoms with Crippen LogP contribution in [0.5, 0.6) is 11.5 Å². The van der Waals surface area contributed by atoms with Crippen molar-refractivity contribution in [3.8, 4) is 11.5 Å². The predicted octanol–water partition coefficient (Wildman–Crippen LogP) is 1.99. The summed E-state index contributed by atoms with van der Waals surface area (Å²) in [6, 6.07) is 9.62. The molecule has 0 spiro atoms. The third kappa shape index (κ3) is 3.99. The molecular weight excluding hydrogens is 484 g/mol. The Labute approximate surface area is 196 Å². The van der Waals surface area contributed by atoms with Gasteiger partial charge >= 0.3 is 0 Å². The van der Waals surface area contributed by atoms with E-state index in [1.807, 2.05) is 6.08 Å². The molecule has 0 amide bonds. The van der Waals surface area contributed by atoms with Gasteiger partial charge in [-0.15, -0.1) is 11.3 Å². The Morgan fingerprint density at radius 2 is 1.70 bits per heavy atom. The summed E-state index contributed by atoms with van der Waals surface area (Å²) < 4.78 is 68.1. The molecule has 2 N–H and O–H groups in total. The van der Waals surface area contributed by atoms with Crippen LogP contribution in [-0.2, 0) is 20.0 Å². The van der Waals surface area contributed by atoms with Gasteiger partial charge in [-0.3, -0.25) is 4.72 Å². The van der Waals surface area contributed by atoms with E-state index in [-0.39, 0.29) is 11.3 Å². The van der Waals surface area contributed by atoms with Crippen molar-refractivity contribution in [1.82, 2.24) is 4.72 Å². The zero-order valence-electron chi connectivity index (χ0n) is 18.5. The molecule has 0 aliphatic heterocycles. The Balaban J connectivity index is 1.97. The molecule has 1 aromatic heterocycles. The lowest BCUT2D eigenvalue weighted by molar-refractivity contribution is 0.415. The summed E-state index contributed by atoms with van der Waals surface area (Å²) in [5, 5.41) is 1.00. The largest absolute Gasteiger partial charge is 0.497 e. The average Bonchev–Trinajstić information content (AvgIpc) is 3.17. The highest BCUT2D eigenvalue weighted by Crippen LogP contribution is 2.34. The van der Waals surface area contributed by atoms with Gasteiger partial charge < -0.3 is 9.47 Å². The smallest absolute Gasteiger partial charge is 0.262 e. The average molecular weight is 509 g/mol. The van der Waals surface area contributed by atoms with Crippen molar-refractivity contribution >= 4 is 59.3 Å². The van der Waals surface area contributed by atoms with Gasteiger partial charge in [0.25, 0.3) is 10.0 Å². The van der Waals surface area contributed by atoms with E-state index in [1.165, 1.54) is 38.7 Å². The first-order chi connectivity index (χ1) is 15.5. The van der Waals surface area contributed by atoms with Crippen LogP contribution in [0.3, 0.4) is 0 Å². The van der Waals surface area contributed by atoms with E-state index >= 15 is 0 Å². The van der Waals surface area contributed by atoms with Crippen molar-refractivity contribution in [2.45, 2.75) is 23.0 Å². The van der Waals surface area contributed by atoms with Gasteiger partial charge in [-0.2, -0.15) is 0 Å². The van der Waals surface area contributed by atoms with Gasteiger partial charge in [0.1, 0.15) is 16.2 Å². The highest BCUT2D eigenvalue weighted by molar-refractivity contribution is 7.93. The number of sulfonamides is 2. The number of benzene rings is 2. The molecule has 8 nitrogen and oxygen atoms in total. The molecule has 33 heavy (non-hydrogen) atoms. The number of fused-ring (bicyclic) bond motifs is 3. The number of nitrogens with one attached hydrogen (secondary N) is 2. The molecule has 0 fully saturated rings. The van der Waals surface area contributed by atoms with Gasteiger partial charge in [-0.05, 0) is 62.0 Å². The standard InChI is InChI=1S/C22H24N2O6S3/c1-22(33(27,28)23-2)12-11-18-16(13-22)20-19(10-9-17(30-4)21(20)31-18)32(25,26)24-14-5-7-15(29-3)8-6-14/h5-11,13,23-24H,12H2,1-4H3. The fourth-order valence-electron chi connectivity index (χ4n) is 3.82. The van der Waals surface area contributed by atoms with Crippen molar-refractivity contribution in [2.75, 3.05) is 26.0 Å². The molecule has 3 aromatic rings. The van der Waals surface area contributed by atoms with E-state index in [0.717, 1.165) is 4.53 Å².